The van der Waals surface area contributed by atoms with Crippen LogP contribution in [0.2, 0.25) is 0 Å². The molecule has 19 heavy (non-hydrogen) atoms. The summed E-state index contributed by atoms with van der Waals surface area (Å²) in [5, 5.41) is 4.62. The molecule has 1 N–H and O–H groups in total. The molecule has 0 aliphatic heterocycles. The third kappa shape index (κ3) is 4.15. The molecule has 0 saturated heterocycles. The van der Waals surface area contributed by atoms with Gasteiger partial charge in [-0.25, -0.2) is 0 Å². The van der Waals surface area contributed by atoms with Gasteiger partial charge in [-0.3, -0.25) is 0 Å². The Bertz CT molecular complexity index is 379. The molecule has 0 spiro atoms. The van der Waals surface area contributed by atoms with Crippen LogP contribution in [0.5, 0.6) is 5.75 Å². The van der Waals surface area contributed by atoms with Gasteiger partial charge in [-0.05, 0) is 50.1 Å². The third-order valence-electron chi connectivity index (χ3n) is 4.06. The zero-order valence-electron chi connectivity index (χ0n) is 12.2. The van der Waals surface area contributed by atoms with Gasteiger partial charge in [0.25, 0.3) is 0 Å². The number of hydrogen-bond donors (Lipinski definition) is 1. The van der Waals surface area contributed by atoms with E-state index in [1.54, 1.807) is 7.11 Å². The highest BCUT2D eigenvalue weighted by atomic mass is 32.2. The molecule has 0 amide bonds. The zero-order valence-corrected chi connectivity index (χ0v) is 13.0. The number of nitrogens with one attached hydrogen (secondary N) is 1. The largest absolute Gasteiger partial charge is 0.497 e. The summed E-state index contributed by atoms with van der Waals surface area (Å²) in [6, 6.07) is 9.48. The minimum atomic E-state index is 0.413. The number of benzene rings is 1. The van der Waals surface area contributed by atoms with E-state index in [0.29, 0.717) is 12.1 Å². The first-order valence-corrected chi connectivity index (χ1v) is 8.44. The van der Waals surface area contributed by atoms with E-state index in [-0.39, 0.29) is 0 Å². The molecule has 3 atom stereocenters. The quantitative estimate of drug-likeness (QED) is 0.879. The van der Waals surface area contributed by atoms with Gasteiger partial charge in [0.15, 0.2) is 0 Å². The molecule has 2 rings (SSSR count). The maximum atomic E-state index is 5.20. The van der Waals surface area contributed by atoms with Crippen molar-refractivity contribution in [2.75, 3.05) is 13.4 Å². The standard InChI is InChI=1S/C16H25NOS/c1-12(13-7-9-15(18-2)10-8-13)17-14-5-4-6-16(11-14)19-3/h7-10,12,14,16-17H,4-6,11H2,1-3H3. The predicted molar refractivity (Wildman–Crippen MR) is 84.1 cm³/mol. The average Bonchev–Trinajstić information content (AvgIpc) is 2.47. The van der Waals surface area contributed by atoms with Gasteiger partial charge in [0.1, 0.15) is 5.75 Å². The molecule has 1 aromatic rings. The average molecular weight is 279 g/mol. The van der Waals surface area contributed by atoms with E-state index in [9.17, 15) is 0 Å². The van der Waals surface area contributed by atoms with Crippen LogP contribution in [0.3, 0.4) is 0 Å². The van der Waals surface area contributed by atoms with Crippen LogP contribution in [-0.4, -0.2) is 24.7 Å². The van der Waals surface area contributed by atoms with Gasteiger partial charge < -0.3 is 10.1 Å². The lowest BCUT2D eigenvalue weighted by molar-refractivity contribution is 0.353. The van der Waals surface area contributed by atoms with Crippen molar-refractivity contribution in [1.29, 1.82) is 0 Å². The van der Waals surface area contributed by atoms with Gasteiger partial charge in [0.05, 0.1) is 7.11 Å². The Balaban J connectivity index is 1.90. The van der Waals surface area contributed by atoms with Gasteiger partial charge in [-0.1, -0.05) is 18.6 Å². The highest BCUT2D eigenvalue weighted by Crippen LogP contribution is 2.28. The van der Waals surface area contributed by atoms with Crippen molar-refractivity contribution in [2.45, 2.75) is 49.9 Å². The Morgan fingerprint density at radius 3 is 2.63 bits per heavy atom. The smallest absolute Gasteiger partial charge is 0.118 e. The summed E-state index contributed by atoms with van der Waals surface area (Å²) in [7, 11) is 1.71. The van der Waals surface area contributed by atoms with Crippen LogP contribution < -0.4 is 10.1 Å². The predicted octanol–water partition coefficient (Wildman–Crippen LogP) is 4.02. The van der Waals surface area contributed by atoms with E-state index in [0.717, 1.165) is 11.0 Å². The van der Waals surface area contributed by atoms with Gasteiger partial charge in [0, 0.05) is 17.3 Å². The molecule has 0 aromatic heterocycles. The van der Waals surface area contributed by atoms with Crippen molar-refractivity contribution in [3.05, 3.63) is 29.8 Å². The fourth-order valence-electron chi connectivity index (χ4n) is 2.85. The molecular weight excluding hydrogens is 254 g/mol. The van der Waals surface area contributed by atoms with Gasteiger partial charge >= 0.3 is 0 Å². The van der Waals surface area contributed by atoms with Crippen molar-refractivity contribution < 1.29 is 4.74 Å². The maximum Gasteiger partial charge on any atom is 0.118 e. The lowest BCUT2D eigenvalue weighted by atomic mass is 9.93. The van der Waals surface area contributed by atoms with E-state index in [2.05, 4.69) is 30.6 Å². The molecule has 1 aliphatic carbocycles. The highest BCUT2D eigenvalue weighted by Gasteiger charge is 2.22. The molecule has 1 fully saturated rings. The van der Waals surface area contributed by atoms with Crippen molar-refractivity contribution >= 4 is 11.8 Å². The molecule has 1 aromatic carbocycles. The first-order chi connectivity index (χ1) is 9.22. The van der Waals surface area contributed by atoms with Crippen LogP contribution in [0.25, 0.3) is 0 Å². The summed E-state index contributed by atoms with van der Waals surface area (Å²) in [6.45, 7) is 2.25. The third-order valence-corrected chi connectivity index (χ3v) is 5.16. The van der Waals surface area contributed by atoms with Crippen LogP contribution in [-0.2, 0) is 0 Å². The van der Waals surface area contributed by atoms with Crippen molar-refractivity contribution in [3.8, 4) is 5.75 Å². The van der Waals surface area contributed by atoms with E-state index >= 15 is 0 Å². The van der Waals surface area contributed by atoms with E-state index in [4.69, 9.17) is 4.74 Å². The SMILES string of the molecule is COc1ccc(C(C)NC2CCCC(SC)C2)cc1. The molecule has 106 valence electrons. The monoisotopic (exact) mass is 279 g/mol. The first kappa shape index (κ1) is 14.7. The van der Waals surface area contributed by atoms with Crippen LogP contribution in [0.4, 0.5) is 0 Å². The fourth-order valence-corrected chi connectivity index (χ4v) is 3.68. The molecule has 0 heterocycles. The number of ether oxygens (including phenoxy) is 1. The van der Waals surface area contributed by atoms with E-state index < -0.39 is 0 Å². The lowest BCUT2D eigenvalue weighted by Gasteiger charge is -2.31. The molecule has 1 saturated carbocycles. The number of rotatable bonds is 5. The maximum absolute atomic E-state index is 5.20. The normalized spacial score (nSPS) is 25.0. The van der Waals surface area contributed by atoms with Crippen molar-refractivity contribution in [2.24, 2.45) is 0 Å². The second-order valence-electron chi connectivity index (χ2n) is 5.38. The highest BCUT2D eigenvalue weighted by molar-refractivity contribution is 7.99. The Morgan fingerprint density at radius 2 is 2.00 bits per heavy atom. The van der Waals surface area contributed by atoms with E-state index in [1.807, 2.05) is 23.9 Å². The summed E-state index contributed by atoms with van der Waals surface area (Å²) >= 11 is 2.02. The lowest BCUT2D eigenvalue weighted by Crippen LogP contribution is -2.36. The summed E-state index contributed by atoms with van der Waals surface area (Å²) in [5.41, 5.74) is 1.34. The van der Waals surface area contributed by atoms with Crippen molar-refractivity contribution in [3.63, 3.8) is 0 Å². The topological polar surface area (TPSA) is 21.3 Å². The van der Waals surface area contributed by atoms with Crippen LogP contribution in [0.15, 0.2) is 24.3 Å². The zero-order chi connectivity index (χ0) is 13.7. The van der Waals surface area contributed by atoms with Crippen LogP contribution >= 0.6 is 11.8 Å². The summed E-state index contributed by atoms with van der Waals surface area (Å²) in [4.78, 5) is 0. The van der Waals surface area contributed by atoms with Crippen LogP contribution in [0, 0.1) is 0 Å². The Morgan fingerprint density at radius 1 is 1.26 bits per heavy atom. The molecule has 3 heteroatoms. The molecule has 0 radical (unpaired) electrons. The minimum Gasteiger partial charge on any atom is -0.497 e. The summed E-state index contributed by atoms with van der Waals surface area (Å²) < 4.78 is 5.20. The minimum absolute atomic E-state index is 0.413. The Labute approximate surface area is 121 Å². The first-order valence-electron chi connectivity index (χ1n) is 7.15. The molecule has 0 bridgehead atoms. The number of methoxy groups -OCH3 is 1. The number of thioether (sulfide) groups is 1. The van der Waals surface area contributed by atoms with Crippen LogP contribution in [0.1, 0.15) is 44.2 Å². The van der Waals surface area contributed by atoms with Gasteiger partial charge in [-0.15, -0.1) is 0 Å². The molecule has 1 aliphatic rings. The van der Waals surface area contributed by atoms with Gasteiger partial charge in [0.2, 0.25) is 0 Å². The molecular formula is C16H25NOS. The fraction of sp³-hybridized carbons (Fsp3) is 0.625. The van der Waals surface area contributed by atoms with E-state index in [1.165, 1.54) is 31.2 Å². The Hall–Kier alpha value is -0.670. The van der Waals surface area contributed by atoms with Crippen molar-refractivity contribution in [1.82, 2.24) is 5.32 Å². The molecule has 2 nitrogen and oxygen atoms in total. The number of hydrogen-bond acceptors (Lipinski definition) is 3. The summed E-state index contributed by atoms with van der Waals surface area (Å²) in [5.74, 6) is 0.927. The van der Waals surface area contributed by atoms with Gasteiger partial charge in [-0.2, -0.15) is 11.8 Å². The molecule has 3 unspecified atom stereocenters. The Kier molecular flexibility index (Phi) is 5.59. The second kappa shape index (κ2) is 7.20. The second-order valence-corrected chi connectivity index (χ2v) is 6.52. The summed E-state index contributed by atoms with van der Waals surface area (Å²) in [6.07, 6.45) is 7.61.